The van der Waals surface area contributed by atoms with E-state index >= 15 is 0 Å². The number of nitrogens with zero attached hydrogens (tertiary/aromatic N) is 2. The van der Waals surface area contributed by atoms with Crippen LogP contribution in [0, 0.1) is 0 Å². The third-order valence-corrected chi connectivity index (χ3v) is 2.21. The van der Waals surface area contributed by atoms with Gasteiger partial charge in [0.1, 0.15) is 5.88 Å². The number of nitrogens with one attached hydrogen (secondary N) is 1. The van der Waals surface area contributed by atoms with Gasteiger partial charge in [-0.25, -0.2) is 0 Å². The first-order valence-corrected chi connectivity index (χ1v) is 4.92. The Morgan fingerprint density at radius 2 is 2.36 bits per heavy atom. The molecule has 0 bridgehead atoms. The molecule has 0 aliphatic heterocycles. The maximum atomic E-state index is 11.0. The third kappa shape index (κ3) is 2.73. The van der Waals surface area contributed by atoms with Gasteiger partial charge in [0.05, 0.1) is 5.54 Å². The number of hydrogen-bond donors (Lipinski definition) is 1. The highest BCUT2D eigenvalue weighted by atomic mass is 35.5. The molecule has 0 unspecified atom stereocenters. The summed E-state index contributed by atoms with van der Waals surface area (Å²) in [6, 6.07) is 1.85. The topological polar surface area (TPSA) is 46.9 Å². The van der Waals surface area contributed by atoms with E-state index in [2.05, 4.69) is 10.4 Å². The molecule has 0 saturated carbocycles. The maximum absolute atomic E-state index is 11.0. The summed E-state index contributed by atoms with van der Waals surface area (Å²) in [6.45, 7) is 4.50. The first-order chi connectivity index (χ1) is 6.56. The minimum Gasteiger partial charge on any atom is -0.353 e. The van der Waals surface area contributed by atoms with Gasteiger partial charge < -0.3 is 5.32 Å². The lowest BCUT2D eigenvalue weighted by molar-refractivity contribution is -0.119. The Bertz CT molecular complexity index is 295. The summed E-state index contributed by atoms with van der Waals surface area (Å²) in [6.07, 6.45) is 3.58. The van der Waals surface area contributed by atoms with Crippen LogP contribution >= 0.6 is 11.6 Å². The van der Waals surface area contributed by atoms with E-state index in [9.17, 15) is 4.79 Å². The summed E-state index contributed by atoms with van der Waals surface area (Å²) in [7, 11) is 0. The van der Waals surface area contributed by atoms with Crippen molar-refractivity contribution in [1.82, 2.24) is 15.1 Å². The second-order valence-electron chi connectivity index (χ2n) is 3.67. The summed E-state index contributed by atoms with van der Waals surface area (Å²) in [5, 5.41) is 6.85. The van der Waals surface area contributed by atoms with Crippen molar-refractivity contribution < 1.29 is 4.79 Å². The number of alkyl halides is 1. The van der Waals surface area contributed by atoms with Gasteiger partial charge in [0, 0.05) is 18.9 Å². The molecule has 1 N–H and O–H groups in total. The van der Waals surface area contributed by atoms with E-state index in [0.29, 0.717) is 6.54 Å². The molecule has 1 aromatic heterocycles. The van der Waals surface area contributed by atoms with Gasteiger partial charge in [-0.05, 0) is 19.9 Å². The van der Waals surface area contributed by atoms with Gasteiger partial charge in [0.25, 0.3) is 0 Å². The number of rotatable bonds is 4. The number of amides is 1. The fourth-order valence-electron chi connectivity index (χ4n) is 1.07. The van der Waals surface area contributed by atoms with Gasteiger partial charge in [-0.1, -0.05) is 0 Å². The summed E-state index contributed by atoms with van der Waals surface area (Å²) in [5.41, 5.74) is -0.231. The first-order valence-electron chi connectivity index (χ1n) is 4.39. The monoisotopic (exact) mass is 215 g/mol. The molecule has 14 heavy (non-hydrogen) atoms. The van der Waals surface area contributed by atoms with Crippen LogP contribution in [0.4, 0.5) is 0 Å². The Kier molecular flexibility index (Phi) is 3.52. The lowest BCUT2D eigenvalue weighted by Crippen LogP contribution is -2.41. The van der Waals surface area contributed by atoms with Gasteiger partial charge >= 0.3 is 0 Å². The van der Waals surface area contributed by atoms with Crippen LogP contribution in [-0.4, -0.2) is 28.1 Å². The van der Waals surface area contributed by atoms with Gasteiger partial charge in [0.15, 0.2) is 0 Å². The molecule has 1 rings (SSSR count). The van der Waals surface area contributed by atoms with Crippen LogP contribution in [0.25, 0.3) is 0 Å². The lowest BCUT2D eigenvalue weighted by Gasteiger charge is -2.25. The molecule has 0 aromatic carbocycles. The molecule has 0 aliphatic rings. The predicted octanol–water partition coefficient (Wildman–Crippen LogP) is 0.973. The molecule has 0 radical (unpaired) electrons. The van der Waals surface area contributed by atoms with Crippen molar-refractivity contribution in [1.29, 1.82) is 0 Å². The second kappa shape index (κ2) is 4.46. The van der Waals surface area contributed by atoms with Crippen molar-refractivity contribution in [2.75, 3.05) is 12.4 Å². The zero-order valence-electron chi connectivity index (χ0n) is 8.33. The Morgan fingerprint density at radius 3 is 2.86 bits per heavy atom. The molecule has 0 atom stereocenters. The van der Waals surface area contributed by atoms with Crippen molar-refractivity contribution in [3.8, 4) is 0 Å². The van der Waals surface area contributed by atoms with Crippen LogP contribution in [0.3, 0.4) is 0 Å². The Hall–Kier alpha value is -1.03. The van der Waals surface area contributed by atoms with Gasteiger partial charge in [-0.2, -0.15) is 5.10 Å². The van der Waals surface area contributed by atoms with Gasteiger partial charge in [-0.15, -0.1) is 11.6 Å². The van der Waals surface area contributed by atoms with Crippen molar-refractivity contribution in [3.05, 3.63) is 18.5 Å². The van der Waals surface area contributed by atoms with Crippen molar-refractivity contribution in [2.45, 2.75) is 19.4 Å². The number of carbonyl (C=O) groups excluding carboxylic acids is 1. The normalized spacial score (nSPS) is 11.4. The molecule has 0 spiro atoms. The third-order valence-electron chi connectivity index (χ3n) is 1.96. The molecule has 0 saturated heterocycles. The average Bonchev–Trinajstić information content (AvgIpc) is 2.67. The smallest absolute Gasteiger partial charge is 0.235 e. The summed E-state index contributed by atoms with van der Waals surface area (Å²) >= 11 is 5.37. The fraction of sp³-hybridized carbons (Fsp3) is 0.556. The molecule has 4 nitrogen and oxygen atoms in total. The van der Waals surface area contributed by atoms with E-state index in [0.717, 1.165) is 0 Å². The largest absolute Gasteiger partial charge is 0.353 e. The van der Waals surface area contributed by atoms with Crippen LogP contribution in [0.2, 0.25) is 0 Å². The number of halogens is 1. The molecule has 1 heterocycles. The molecule has 1 amide bonds. The molecule has 78 valence electrons. The molecule has 0 aliphatic carbocycles. The average molecular weight is 216 g/mol. The molecular weight excluding hydrogens is 202 g/mol. The molecule has 5 heteroatoms. The van der Waals surface area contributed by atoms with E-state index in [1.54, 1.807) is 6.20 Å². The highest BCUT2D eigenvalue weighted by Crippen LogP contribution is 2.11. The number of aromatic nitrogens is 2. The first kappa shape index (κ1) is 11.0. The quantitative estimate of drug-likeness (QED) is 0.761. The zero-order chi connectivity index (χ0) is 10.6. The zero-order valence-corrected chi connectivity index (χ0v) is 9.08. The van der Waals surface area contributed by atoms with E-state index in [-0.39, 0.29) is 17.3 Å². The molecular formula is C9H14ClN3O. The van der Waals surface area contributed by atoms with Crippen LogP contribution in [0.15, 0.2) is 18.5 Å². The summed E-state index contributed by atoms with van der Waals surface area (Å²) < 4.78 is 1.81. The van der Waals surface area contributed by atoms with E-state index < -0.39 is 0 Å². The Labute approximate surface area is 88.2 Å². The van der Waals surface area contributed by atoms with E-state index in [1.165, 1.54) is 0 Å². The standard InChI is InChI=1S/C9H14ClN3O/c1-9(2,7-11-8(14)6-10)13-5-3-4-12-13/h3-5H,6-7H2,1-2H3,(H,11,14). The van der Waals surface area contributed by atoms with Gasteiger partial charge in [0.2, 0.25) is 5.91 Å². The number of hydrogen-bond acceptors (Lipinski definition) is 2. The van der Waals surface area contributed by atoms with Gasteiger partial charge in [-0.3, -0.25) is 9.48 Å². The lowest BCUT2D eigenvalue weighted by atomic mass is 10.1. The van der Waals surface area contributed by atoms with Crippen molar-refractivity contribution in [3.63, 3.8) is 0 Å². The fourth-order valence-corrected chi connectivity index (χ4v) is 1.16. The Balaban J connectivity index is 2.54. The minimum absolute atomic E-state index is 0.00477. The number of carbonyl (C=O) groups is 1. The summed E-state index contributed by atoms with van der Waals surface area (Å²) in [4.78, 5) is 11.0. The van der Waals surface area contributed by atoms with Crippen molar-refractivity contribution in [2.24, 2.45) is 0 Å². The maximum Gasteiger partial charge on any atom is 0.235 e. The van der Waals surface area contributed by atoms with Crippen LogP contribution in [0.5, 0.6) is 0 Å². The highest BCUT2D eigenvalue weighted by Gasteiger charge is 2.20. The molecule has 0 fully saturated rings. The van der Waals surface area contributed by atoms with E-state index in [1.807, 2.05) is 30.8 Å². The van der Waals surface area contributed by atoms with Crippen molar-refractivity contribution >= 4 is 17.5 Å². The predicted molar refractivity (Wildman–Crippen MR) is 55.3 cm³/mol. The van der Waals surface area contributed by atoms with Crippen LogP contribution < -0.4 is 5.32 Å². The highest BCUT2D eigenvalue weighted by molar-refractivity contribution is 6.27. The van der Waals surface area contributed by atoms with E-state index in [4.69, 9.17) is 11.6 Å². The second-order valence-corrected chi connectivity index (χ2v) is 3.94. The summed E-state index contributed by atoms with van der Waals surface area (Å²) in [5.74, 6) is -0.165. The minimum atomic E-state index is -0.231. The Morgan fingerprint density at radius 1 is 1.64 bits per heavy atom. The van der Waals surface area contributed by atoms with Crippen LogP contribution in [-0.2, 0) is 10.3 Å². The SMILES string of the molecule is CC(C)(CNC(=O)CCl)n1cccn1. The molecule has 1 aromatic rings. The van der Waals surface area contributed by atoms with Crippen LogP contribution in [0.1, 0.15) is 13.8 Å².